The van der Waals surface area contributed by atoms with Crippen molar-refractivity contribution in [2.75, 3.05) is 6.61 Å². The Labute approximate surface area is 166 Å². The van der Waals surface area contributed by atoms with E-state index < -0.39 is 0 Å². The van der Waals surface area contributed by atoms with E-state index in [0.29, 0.717) is 29.0 Å². The molecule has 1 aromatic carbocycles. The lowest BCUT2D eigenvalue weighted by molar-refractivity contribution is 0.366. The van der Waals surface area contributed by atoms with Crippen molar-refractivity contribution in [2.45, 2.75) is 13.8 Å². The molecule has 0 N–H and O–H groups in total. The summed E-state index contributed by atoms with van der Waals surface area (Å²) < 4.78 is 14.6. The zero-order valence-corrected chi connectivity index (χ0v) is 16.8. The Hall–Kier alpha value is -2.43. The Kier molecular flexibility index (Phi) is 4.85. The van der Waals surface area contributed by atoms with Gasteiger partial charge in [-0.15, -0.1) is 5.10 Å². The molecule has 3 aromatic heterocycles. The Morgan fingerprint density at radius 1 is 1.26 bits per heavy atom. The van der Waals surface area contributed by atoms with Crippen molar-refractivity contribution in [1.82, 2.24) is 24.4 Å². The van der Waals surface area contributed by atoms with Crippen LogP contribution in [0.3, 0.4) is 0 Å². The van der Waals surface area contributed by atoms with Crippen LogP contribution in [-0.2, 0) is 4.18 Å². The molecule has 0 radical (unpaired) electrons. The van der Waals surface area contributed by atoms with Gasteiger partial charge in [0.1, 0.15) is 11.2 Å². The van der Waals surface area contributed by atoms with Crippen molar-refractivity contribution in [3.63, 3.8) is 0 Å². The first-order chi connectivity index (χ1) is 13.1. The molecule has 0 aliphatic heterocycles. The zero-order chi connectivity index (χ0) is 19.0. The molecule has 0 unspecified atom stereocenters. The second kappa shape index (κ2) is 7.29. The average molecular weight is 448 g/mol. The fourth-order valence-electron chi connectivity index (χ4n) is 2.60. The largest absolute Gasteiger partial charge is 0.377 e. The third-order valence-electron chi connectivity index (χ3n) is 3.82. The number of imidazole rings is 1. The van der Waals surface area contributed by atoms with Gasteiger partial charge in [0, 0.05) is 10.7 Å². The van der Waals surface area contributed by atoms with Crippen LogP contribution in [0.1, 0.15) is 12.5 Å². The quantitative estimate of drug-likeness (QED) is 0.342. The predicted octanol–water partition coefficient (Wildman–Crippen LogP) is 3.48. The van der Waals surface area contributed by atoms with Crippen LogP contribution in [-0.4, -0.2) is 31.0 Å². The number of aromatic nitrogens is 5. The Bertz CT molecular complexity index is 1210. The molecular formula is C17H14BrN5O3S. The van der Waals surface area contributed by atoms with Gasteiger partial charge in [-0.05, 0) is 59.6 Å². The first-order valence-corrected chi connectivity index (χ1v) is 9.55. The van der Waals surface area contributed by atoms with Gasteiger partial charge in [0.15, 0.2) is 0 Å². The molecule has 0 aliphatic rings. The number of pyridine rings is 1. The predicted molar refractivity (Wildman–Crippen MR) is 106 cm³/mol. The third kappa shape index (κ3) is 3.31. The number of nitrogens with zero attached hydrogens (tertiary/aromatic N) is 5. The zero-order valence-electron chi connectivity index (χ0n) is 14.4. The third-order valence-corrected chi connectivity index (χ3v) is 4.85. The van der Waals surface area contributed by atoms with Gasteiger partial charge in [-0.2, -0.15) is 4.68 Å². The number of halogens is 1. The number of aryl methyl sites for hydroxylation is 1. The standard InChI is InChI=1S/C17H14BrN5O3S/c1-3-25-27-26-17-15(19-14-7-5-11(18)9-22(14)17)23-16(24)12-6-4-10(2)8-13(12)20-21-23/h4-9H,3H2,1-2H3. The van der Waals surface area contributed by atoms with Crippen LogP contribution in [0.4, 0.5) is 0 Å². The van der Waals surface area contributed by atoms with E-state index in [-0.39, 0.29) is 11.4 Å². The van der Waals surface area contributed by atoms with Crippen molar-refractivity contribution in [3.05, 3.63) is 56.9 Å². The summed E-state index contributed by atoms with van der Waals surface area (Å²) in [4.78, 5) is 17.5. The van der Waals surface area contributed by atoms with Gasteiger partial charge in [-0.3, -0.25) is 13.4 Å². The van der Waals surface area contributed by atoms with Crippen LogP contribution in [0.15, 0.2) is 45.8 Å². The monoisotopic (exact) mass is 447 g/mol. The van der Waals surface area contributed by atoms with Gasteiger partial charge in [0.2, 0.25) is 18.1 Å². The average Bonchev–Trinajstić information content (AvgIpc) is 3.00. The van der Waals surface area contributed by atoms with E-state index in [1.807, 2.05) is 32.0 Å². The molecular weight excluding hydrogens is 434 g/mol. The van der Waals surface area contributed by atoms with Gasteiger partial charge < -0.3 is 4.18 Å². The summed E-state index contributed by atoms with van der Waals surface area (Å²) in [7, 11) is 0. The number of hydrogen-bond acceptors (Lipinski definition) is 7. The van der Waals surface area contributed by atoms with Crippen molar-refractivity contribution in [2.24, 2.45) is 0 Å². The smallest absolute Gasteiger partial charge is 0.283 e. The molecule has 4 aromatic rings. The lowest BCUT2D eigenvalue weighted by Crippen LogP contribution is -2.23. The first kappa shape index (κ1) is 18.0. The second-order valence-corrected chi connectivity index (χ2v) is 7.16. The molecule has 0 fully saturated rings. The summed E-state index contributed by atoms with van der Waals surface area (Å²) in [6.45, 7) is 4.25. The van der Waals surface area contributed by atoms with Gasteiger partial charge >= 0.3 is 0 Å². The maximum atomic E-state index is 13.0. The molecule has 0 bridgehead atoms. The minimum absolute atomic E-state index is 0.236. The lowest BCUT2D eigenvalue weighted by Gasteiger charge is -2.06. The summed E-state index contributed by atoms with van der Waals surface area (Å²) in [5.41, 5.74) is 1.81. The second-order valence-electron chi connectivity index (χ2n) is 5.70. The molecule has 27 heavy (non-hydrogen) atoms. The highest BCUT2D eigenvalue weighted by molar-refractivity contribution is 9.10. The number of rotatable bonds is 5. The minimum Gasteiger partial charge on any atom is -0.377 e. The van der Waals surface area contributed by atoms with E-state index >= 15 is 0 Å². The first-order valence-electron chi connectivity index (χ1n) is 8.09. The molecule has 138 valence electrons. The van der Waals surface area contributed by atoms with E-state index in [1.54, 1.807) is 22.7 Å². The minimum atomic E-state index is -0.325. The normalized spacial score (nSPS) is 11.4. The maximum Gasteiger partial charge on any atom is 0.283 e. The van der Waals surface area contributed by atoms with Gasteiger partial charge in [-0.1, -0.05) is 11.3 Å². The fraction of sp³-hybridized carbons (Fsp3) is 0.176. The van der Waals surface area contributed by atoms with Gasteiger partial charge in [-0.25, -0.2) is 4.98 Å². The van der Waals surface area contributed by atoms with E-state index in [0.717, 1.165) is 27.0 Å². The highest BCUT2D eigenvalue weighted by Gasteiger charge is 2.20. The molecule has 0 spiro atoms. The van der Waals surface area contributed by atoms with Crippen molar-refractivity contribution in [1.29, 1.82) is 0 Å². The topological polar surface area (TPSA) is 83.5 Å². The Balaban J connectivity index is 1.94. The van der Waals surface area contributed by atoms with E-state index in [4.69, 9.17) is 8.37 Å². The number of fused-ring (bicyclic) bond motifs is 2. The lowest BCUT2D eigenvalue weighted by atomic mass is 10.2. The fourth-order valence-corrected chi connectivity index (χ4v) is 3.30. The molecule has 4 rings (SSSR count). The summed E-state index contributed by atoms with van der Waals surface area (Å²) >= 11 is 4.24. The SMILES string of the molecule is CCOSOc1c(-n2nnc3cc(C)ccc3c2=O)nc2ccc(Br)cn12. The van der Waals surface area contributed by atoms with E-state index in [9.17, 15) is 4.79 Å². The molecule has 0 saturated carbocycles. The van der Waals surface area contributed by atoms with Crippen molar-refractivity contribution < 1.29 is 8.37 Å². The molecule has 3 heterocycles. The van der Waals surface area contributed by atoms with E-state index in [2.05, 4.69) is 31.2 Å². The molecule has 0 atom stereocenters. The Morgan fingerprint density at radius 2 is 2.11 bits per heavy atom. The molecule has 0 amide bonds. The van der Waals surface area contributed by atoms with Crippen LogP contribution >= 0.6 is 28.3 Å². The van der Waals surface area contributed by atoms with Crippen LogP contribution in [0, 0.1) is 6.92 Å². The van der Waals surface area contributed by atoms with Gasteiger partial charge in [0.05, 0.1) is 12.0 Å². The molecule has 8 nitrogen and oxygen atoms in total. The van der Waals surface area contributed by atoms with Crippen molar-refractivity contribution >= 4 is 44.8 Å². The van der Waals surface area contributed by atoms with Crippen LogP contribution in [0.5, 0.6) is 5.88 Å². The molecule has 0 saturated heterocycles. The van der Waals surface area contributed by atoms with Crippen LogP contribution in [0.2, 0.25) is 0 Å². The van der Waals surface area contributed by atoms with Crippen molar-refractivity contribution in [3.8, 4) is 11.7 Å². The van der Waals surface area contributed by atoms with Gasteiger partial charge in [0.25, 0.3) is 11.4 Å². The molecule has 0 aliphatic carbocycles. The van der Waals surface area contributed by atoms with Crippen LogP contribution < -0.4 is 9.74 Å². The summed E-state index contributed by atoms with van der Waals surface area (Å²) in [6.07, 6.45) is 1.79. The van der Waals surface area contributed by atoms with E-state index in [1.165, 1.54) is 0 Å². The summed E-state index contributed by atoms with van der Waals surface area (Å²) in [5.74, 6) is 0.549. The maximum absolute atomic E-state index is 13.0. The summed E-state index contributed by atoms with van der Waals surface area (Å²) in [6, 6.07) is 9.06. The summed E-state index contributed by atoms with van der Waals surface area (Å²) in [5, 5.41) is 8.68. The highest BCUT2D eigenvalue weighted by atomic mass is 79.9. The number of hydrogen-bond donors (Lipinski definition) is 0. The highest BCUT2D eigenvalue weighted by Crippen LogP contribution is 2.28. The van der Waals surface area contributed by atoms with Crippen LogP contribution in [0.25, 0.3) is 22.4 Å². The molecule has 10 heteroatoms. The Morgan fingerprint density at radius 3 is 2.93 bits per heavy atom. The number of benzene rings is 1.